The SMILES string of the molecule is Cc1ccc2c(C=O)n[nH]c2c1. The van der Waals surface area contributed by atoms with Crippen molar-refractivity contribution in [3.8, 4) is 0 Å². The number of aromatic nitrogens is 2. The number of aryl methyl sites for hydroxylation is 1. The van der Waals surface area contributed by atoms with Gasteiger partial charge in [0.1, 0.15) is 5.69 Å². The number of carbonyl (C=O) groups is 1. The minimum absolute atomic E-state index is 0.477. The van der Waals surface area contributed by atoms with Crippen LogP contribution in [0.15, 0.2) is 18.2 Å². The number of fused-ring (bicyclic) bond motifs is 1. The molecule has 1 N–H and O–H groups in total. The van der Waals surface area contributed by atoms with E-state index in [0.29, 0.717) is 5.69 Å². The molecule has 2 aromatic rings. The van der Waals surface area contributed by atoms with Crippen molar-refractivity contribution in [2.45, 2.75) is 6.92 Å². The van der Waals surface area contributed by atoms with E-state index < -0.39 is 0 Å². The van der Waals surface area contributed by atoms with Crippen LogP contribution in [0.3, 0.4) is 0 Å². The lowest BCUT2D eigenvalue weighted by molar-refractivity contribution is 0.112. The van der Waals surface area contributed by atoms with Crippen LogP contribution in [0.25, 0.3) is 10.9 Å². The van der Waals surface area contributed by atoms with Crippen molar-refractivity contribution < 1.29 is 4.79 Å². The molecular formula is C9H8N2O. The molecule has 1 heterocycles. The number of aromatic amines is 1. The number of hydrogen-bond acceptors (Lipinski definition) is 2. The van der Waals surface area contributed by atoms with E-state index in [4.69, 9.17) is 0 Å². The molecule has 1 aromatic heterocycles. The Morgan fingerprint density at radius 2 is 2.33 bits per heavy atom. The first-order chi connectivity index (χ1) is 5.81. The van der Waals surface area contributed by atoms with Gasteiger partial charge in [-0.1, -0.05) is 12.1 Å². The second-order valence-corrected chi connectivity index (χ2v) is 2.78. The first kappa shape index (κ1) is 7.03. The summed E-state index contributed by atoms with van der Waals surface area (Å²) in [6, 6.07) is 5.83. The van der Waals surface area contributed by atoms with E-state index >= 15 is 0 Å². The van der Waals surface area contributed by atoms with Gasteiger partial charge >= 0.3 is 0 Å². The number of hydrogen-bond donors (Lipinski definition) is 1. The van der Waals surface area contributed by atoms with Crippen LogP contribution in [0.2, 0.25) is 0 Å². The summed E-state index contributed by atoms with van der Waals surface area (Å²) in [5.41, 5.74) is 2.55. The Kier molecular flexibility index (Phi) is 1.43. The van der Waals surface area contributed by atoms with Crippen LogP contribution >= 0.6 is 0 Å². The van der Waals surface area contributed by atoms with E-state index in [0.717, 1.165) is 22.8 Å². The molecule has 2 rings (SSSR count). The van der Waals surface area contributed by atoms with Gasteiger partial charge < -0.3 is 0 Å². The van der Waals surface area contributed by atoms with Gasteiger partial charge in [0.25, 0.3) is 0 Å². The molecule has 1 aromatic carbocycles. The Balaban J connectivity index is 2.81. The maximum absolute atomic E-state index is 10.5. The molecule has 60 valence electrons. The van der Waals surface area contributed by atoms with Crippen LogP contribution in [0.4, 0.5) is 0 Å². The monoisotopic (exact) mass is 160 g/mol. The Hall–Kier alpha value is -1.64. The van der Waals surface area contributed by atoms with Crippen molar-refractivity contribution >= 4 is 17.2 Å². The molecule has 0 aliphatic carbocycles. The van der Waals surface area contributed by atoms with Gasteiger partial charge in [-0.05, 0) is 18.6 Å². The largest absolute Gasteiger partial charge is 0.296 e. The average Bonchev–Trinajstić information content (AvgIpc) is 2.46. The van der Waals surface area contributed by atoms with Crippen LogP contribution < -0.4 is 0 Å². The summed E-state index contributed by atoms with van der Waals surface area (Å²) in [6.45, 7) is 2.00. The van der Waals surface area contributed by atoms with Crippen LogP contribution in [0, 0.1) is 6.92 Å². The molecule has 0 fully saturated rings. The first-order valence-corrected chi connectivity index (χ1v) is 3.71. The van der Waals surface area contributed by atoms with Crippen LogP contribution in [-0.2, 0) is 0 Å². The standard InChI is InChI=1S/C9H8N2O/c1-6-2-3-7-8(4-6)10-11-9(7)5-12/h2-5H,1H3,(H,10,11). The van der Waals surface area contributed by atoms with E-state index in [1.807, 2.05) is 25.1 Å². The minimum atomic E-state index is 0.477. The van der Waals surface area contributed by atoms with Crippen molar-refractivity contribution in [3.63, 3.8) is 0 Å². The van der Waals surface area contributed by atoms with E-state index in [-0.39, 0.29) is 0 Å². The van der Waals surface area contributed by atoms with Gasteiger partial charge in [0.05, 0.1) is 5.52 Å². The molecule has 0 amide bonds. The number of aldehydes is 1. The normalized spacial score (nSPS) is 10.4. The maximum Gasteiger partial charge on any atom is 0.170 e. The highest BCUT2D eigenvalue weighted by atomic mass is 16.1. The summed E-state index contributed by atoms with van der Waals surface area (Å²) in [7, 11) is 0. The zero-order chi connectivity index (χ0) is 8.55. The van der Waals surface area contributed by atoms with Crippen molar-refractivity contribution in [2.24, 2.45) is 0 Å². The number of benzene rings is 1. The zero-order valence-corrected chi connectivity index (χ0v) is 6.66. The van der Waals surface area contributed by atoms with Crippen LogP contribution in [0.5, 0.6) is 0 Å². The lowest BCUT2D eigenvalue weighted by atomic mass is 10.1. The van der Waals surface area contributed by atoms with E-state index in [1.54, 1.807) is 0 Å². The zero-order valence-electron chi connectivity index (χ0n) is 6.66. The summed E-state index contributed by atoms with van der Waals surface area (Å²) in [5, 5.41) is 7.55. The second kappa shape index (κ2) is 2.44. The van der Waals surface area contributed by atoms with Gasteiger partial charge in [-0.2, -0.15) is 5.10 Å². The van der Waals surface area contributed by atoms with Gasteiger partial charge in [0, 0.05) is 5.39 Å². The maximum atomic E-state index is 10.5. The summed E-state index contributed by atoms with van der Waals surface area (Å²) >= 11 is 0. The van der Waals surface area contributed by atoms with Gasteiger partial charge in [-0.3, -0.25) is 9.89 Å². The Bertz CT molecular complexity index is 431. The van der Waals surface area contributed by atoms with Crippen molar-refractivity contribution in [2.75, 3.05) is 0 Å². The molecule has 0 spiro atoms. The summed E-state index contributed by atoms with van der Waals surface area (Å²) in [5.74, 6) is 0. The quantitative estimate of drug-likeness (QED) is 0.645. The molecule has 12 heavy (non-hydrogen) atoms. The first-order valence-electron chi connectivity index (χ1n) is 3.71. The van der Waals surface area contributed by atoms with Crippen molar-refractivity contribution in [1.82, 2.24) is 10.2 Å². The number of rotatable bonds is 1. The van der Waals surface area contributed by atoms with Gasteiger partial charge in [0.15, 0.2) is 6.29 Å². The summed E-state index contributed by atoms with van der Waals surface area (Å²) < 4.78 is 0. The lowest BCUT2D eigenvalue weighted by Crippen LogP contribution is -1.78. The van der Waals surface area contributed by atoms with E-state index in [2.05, 4.69) is 10.2 Å². The van der Waals surface area contributed by atoms with E-state index in [1.165, 1.54) is 0 Å². The predicted octanol–water partition coefficient (Wildman–Crippen LogP) is 1.68. The molecular weight excluding hydrogens is 152 g/mol. The molecule has 3 nitrogen and oxygen atoms in total. The average molecular weight is 160 g/mol. The van der Waals surface area contributed by atoms with Gasteiger partial charge in [-0.25, -0.2) is 0 Å². The van der Waals surface area contributed by atoms with Crippen molar-refractivity contribution in [3.05, 3.63) is 29.5 Å². The third-order valence-corrected chi connectivity index (χ3v) is 1.86. The molecule has 0 unspecified atom stereocenters. The van der Waals surface area contributed by atoms with Gasteiger partial charge in [0.2, 0.25) is 0 Å². The molecule has 0 aliphatic rings. The van der Waals surface area contributed by atoms with Gasteiger partial charge in [-0.15, -0.1) is 0 Å². The Labute approximate surface area is 69.4 Å². The molecule has 0 saturated heterocycles. The number of nitrogens with zero attached hydrogens (tertiary/aromatic N) is 1. The fourth-order valence-corrected chi connectivity index (χ4v) is 1.24. The predicted molar refractivity (Wildman–Crippen MR) is 46.2 cm³/mol. The molecule has 0 aliphatic heterocycles. The lowest BCUT2D eigenvalue weighted by Gasteiger charge is -1.90. The third-order valence-electron chi connectivity index (χ3n) is 1.86. The topological polar surface area (TPSA) is 45.8 Å². The second-order valence-electron chi connectivity index (χ2n) is 2.78. The number of H-pyrrole nitrogens is 1. The fourth-order valence-electron chi connectivity index (χ4n) is 1.24. The highest BCUT2D eigenvalue weighted by Gasteiger charge is 2.02. The van der Waals surface area contributed by atoms with Crippen molar-refractivity contribution in [1.29, 1.82) is 0 Å². The molecule has 0 atom stereocenters. The molecule has 0 saturated carbocycles. The highest BCUT2D eigenvalue weighted by molar-refractivity contribution is 5.94. The Morgan fingerprint density at radius 3 is 3.08 bits per heavy atom. The minimum Gasteiger partial charge on any atom is -0.296 e. The summed E-state index contributed by atoms with van der Waals surface area (Å²) in [6.07, 6.45) is 0.758. The van der Waals surface area contributed by atoms with E-state index in [9.17, 15) is 4.79 Å². The molecule has 0 radical (unpaired) electrons. The highest BCUT2D eigenvalue weighted by Crippen LogP contribution is 2.15. The third kappa shape index (κ3) is 0.906. The molecule has 3 heteroatoms. The summed E-state index contributed by atoms with van der Waals surface area (Å²) in [4.78, 5) is 10.5. The smallest absolute Gasteiger partial charge is 0.170 e. The number of nitrogens with one attached hydrogen (secondary N) is 1. The van der Waals surface area contributed by atoms with Crippen LogP contribution in [-0.4, -0.2) is 16.5 Å². The Morgan fingerprint density at radius 1 is 1.50 bits per heavy atom. The van der Waals surface area contributed by atoms with Crippen LogP contribution in [0.1, 0.15) is 16.1 Å². The number of carbonyl (C=O) groups excluding carboxylic acids is 1. The fraction of sp³-hybridized carbons (Fsp3) is 0.111. The molecule has 0 bridgehead atoms.